The van der Waals surface area contributed by atoms with Gasteiger partial charge in [-0.3, -0.25) is 9.69 Å². The summed E-state index contributed by atoms with van der Waals surface area (Å²) in [5.74, 6) is 2.93. The molecule has 0 aliphatic carbocycles. The highest BCUT2D eigenvalue weighted by atomic mass is 16.5. The Morgan fingerprint density at radius 2 is 2.04 bits per heavy atom. The molecule has 6 heteroatoms. The molecule has 6 nitrogen and oxygen atoms in total. The Morgan fingerprint density at radius 3 is 2.74 bits per heavy atom. The van der Waals surface area contributed by atoms with Crippen LogP contribution in [-0.2, 0) is 17.8 Å². The molecule has 0 spiro atoms. The summed E-state index contributed by atoms with van der Waals surface area (Å²) in [6.45, 7) is 4.53. The van der Waals surface area contributed by atoms with Crippen molar-refractivity contribution in [1.29, 1.82) is 0 Å². The van der Waals surface area contributed by atoms with E-state index in [9.17, 15) is 4.79 Å². The number of rotatable bonds is 4. The number of methoxy groups -OCH3 is 1. The molecule has 0 radical (unpaired) electrons. The maximum absolute atomic E-state index is 12.7. The molecule has 1 amide bonds. The molecule has 0 unspecified atom stereocenters. The Balaban J connectivity index is 1.67. The number of aromatic nitrogens is 2. The highest BCUT2D eigenvalue weighted by Crippen LogP contribution is 2.32. The molecule has 2 aliphatic heterocycles. The normalized spacial score (nSPS) is 19.7. The van der Waals surface area contributed by atoms with Crippen molar-refractivity contribution in [3.8, 4) is 5.75 Å². The van der Waals surface area contributed by atoms with Gasteiger partial charge in [0.2, 0.25) is 5.91 Å². The molecule has 1 aromatic heterocycles. The quantitative estimate of drug-likeness (QED) is 0.901. The van der Waals surface area contributed by atoms with E-state index in [1.165, 1.54) is 0 Å². The van der Waals surface area contributed by atoms with Gasteiger partial charge in [-0.25, -0.2) is 9.97 Å². The van der Waals surface area contributed by atoms with E-state index in [0.717, 1.165) is 66.6 Å². The second-order valence-electron chi connectivity index (χ2n) is 7.34. The van der Waals surface area contributed by atoms with Gasteiger partial charge in [-0.2, -0.15) is 0 Å². The van der Waals surface area contributed by atoms with Crippen molar-refractivity contribution >= 4 is 11.7 Å². The predicted octanol–water partition coefficient (Wildman–Crippen LogP) is 2.74. The van der Waals surface area contributed by atoms with Crippen LogP contribution < -0.4 is 15.0 Å². The van der Waals surface area contributed by atoms with Gasteiger partial charge in [0.15, 0.2) is 0 Å². The molecular formula is C21H26N4O2. The van der Waals surface area contributed by atoms with E-state index >= 15 is 0 Å². The van der Waals surface area contributed by atoms with Crippen LogP contribution in [0.15, 0.2) is 24.3 Å². The van der Waals surface area contributed by atoms with Crippen molar-refractivity contribution in [2.75, 3.05) is 25.1 Å². The summed E-state index contributed by atoms with van der Waals surface area (Å²) in [6, 6.07) is 7.85. The van der Waals surface area contributed by atoms with Crippen LogP contribution >= 0.6 is 0 Å². The van der Waals surface area contributed by atoms with Gasteiger partial charge >= 0.3 is 0 Å². The van der Waals surface area contributed by atoms with Crippen molar-refractivity contribution in [2.24, 2.45) is 0 Å². The van der Waals surface area contributed by atoms with Crippen LogP contribution in [0.25, 0.3) is 0 Å². The number of benzene rings is 1. The summed E-state index contributed by atoms with van der Waals surface area (Å²) >= 11 is 0. The fraction of sp³-hybridized carbons (Fsp3) is 0.476. The molecule has 4 rings (SSSR count). The number of carbonyl (C=O) groups excluding carboxylic acids is 1. The number of hydrogen-bond donors (Lipinski definition) is 1. The molecule has 142 valence electrons. The van der Waals surface area contributed by atoms with Crippen LogP contribution in [0.1, 0.15) is 47.8 Å². The molecule has 1 N–H and O–H groups in total. The van der Waals surface area contributed by atoms with Gasteiger partial charge in [0.1, 0.15) is 17.4 Å². The SMILES string of the molecule is COc1ccc(CN2C(=O)CCc3c(C)nc([C@H]4CCCNC4)nc32)cc1. The van der Waals surface area contributed by atoms with Crippen molar-refractivity contribution in [2.45, 2.75) is 45.1 Å². The first kappa shape index (κ1) is 17.9. The molecular weight excluding hydrogens is 340 g/mol. The number of anilines is 1. The first-order valence-corrected chi connectivity index (χ1v) is 9.67. The largest absolute Gasteiger partial charge is 0.497 e. The lowest BCUT2D eigenvalue weighted by Crippen LogP contribution is -2.37. The zero-order chi connectivity index (χ0) is 18.8. The van der Waals surface area contributed by atoms with Gasteiger partial charge < -0.3 is 10.1 Å². The average molecular weight is 366 g/mol. The van der Waals surface area contributed by atoms with E-state index in [2.05, 4.69) is 5.32 Å². The highest BCUT2D eigenvalue weighted by molar-refractivity contribution is 5.95. The maximum Gasteiger partial charge on any atom is 0.228 e. The molecule has 1 aromatic carbocycles. The third kappa shape index (κ3) is 3.67. The first-order chi connectivity index (χ1) is 13.2. The van der Waals surface area contributed by atoms with E-state index < -0.39 is 0 Å². The zero-order valence-corrected chi connectivity index (χ0v) is 16.0. The van der Waals surface area contributed by atoms with Gasteiger partial charge in [-0.1, -0.05) is 12.1 Å². The third-order valence-corrected chi connectivity index (χ3v) is 5.52. The fourth-order valence-electron chi connectivity index (χ4n) is 3.93. The van der Waals surface area contributed by atoms with Crippen molar-refractivity contribution in [1.82, 2.24) is 15.3 Å². The van der Waals surface area contributed by atoms with Crippen LogP contribution in [-0.4, -0.2) is 36.1 Å². The number of hydrogen-bond acceptors (Lipinski definition) is 5. The summed E-state index contributed by atoms with van der Waals surface area (Å²) in [4.78, 5) is 24.2. The molecule has 1 atom stereocenters. The van der Waals surface area contributed by atoms with E-state index in [4.69, 9.17) is 14.7 Å². The molecule has 3 heterocycles. The van der Waals surface area contributed by atoms with E-state index in [0.29, 0.717) is 18.9 Å². The van der Waals surface area contributed by atoms with Gasteiger partial charge in [-0.15, -0.1) is 0 Å². The number of fused-ring (bicyclic) bond motifs is 1. The average Bonchev–Trinajstić information content (AvgIpc) is 2.71. The third-order valence-electron chi connectivity index (χ3n) is 5.52. The number of nitrogens with zero attached hydrogens (tertiary/aromatic N) is 3. The summed E-state index contributed by atoms with van der Waals surface area (Å²) in [7, 11) is 1.65. The second kappa shape index (κ2) is 7.64. The molecule has 2 aliphatic rings. The second-order valence-corrected chi connectivity index (χ2v) is 7.34. The lowest BCUT2D eigenvalue weighted by atomic mass is 9.97. The van der Waals surface area contributed by atoms with E-state index in [-0.39, 0.29) is 5.91 Å². The smallest absolute Gasteiger partial charge is 0.228 e. The number of aryl methyl sites for hydroxylation is 1. The fourth-order valence-corrected chi connectivity index (χ4v) is 3.93. The number of carbonyl (C=O) groups is 1. The van der Waals surface area contributed by atoms with Gasteiger partial charge in [0.05, 0.1) is 13.7 Å². The van der Waals surface area contributed by atoms with Gasteiger partial charge in [0.25, 0.3) is 0 Å². The monoisotopic (exact) mass is 366 g/mol. The number of amides is 1. The Bertz CT molecular complexity index is 829. The number of nitrogens with one attached hydrogen (secondary N) is 1. The number of ether oxygens (including phenoxy) is 1. The van der Waals surface area contributed by atoms with Crippen LogP contribution in [0.2, 0.25) is 0 Å². The predicted molar refractivity (Wildman–Crippen MR) is 104 cm³/mol. The van der Waals surface area contributed by atoms with Crippen LogP contribution in [0, 0.1) is 6.92 Å². The van der Waals surface area contributed by atoms with Gasteiger partial charge in [-0.05, 0) is 50.4 Å². The van der Waals surface area contributed by atoms with Gasteiger partial charge in [0, 0.05) is 30.1 Å². The summed E-state index contributed by atoms with van der Waals surface area (Å²) < 4.78 is 5.23. The molecule has 1 saturated heterocycles. The van der Waals surface area contributed by atoms with Crippen LogP contribution in [0.4, 0.5) is 5.82 Å². The van der Waals surface area contributed by atoms with E-state index in [1.807, 2.05) is 36.1 Å². The lowest BCUT2D eigenvalue weighted by Gasteiger charge is -2.31. The van der Waals surface area contributed by atoms with Crippen molar-refractivity contribution < 1.29 is 9.53 Å². The Labute approximate surface area is 160 Å². The summed E-state index contributed by atoms with van der Waals surface area (Å²) in [5, 5.41) is 3.43. The molecule has 27 heavy (non-hydrogen) atoms. The van der Waals surface area contributed by atoms with Crippen LogP contribution in [0.3, 0.4) is 0 Å². The minimum atomic E-state index is 0.129. The number of piperidine rings is 1. The minimum Gasteiger partial charge on any atom is -0.497 e. The molecule has 0 saturated carbocycles. The zero-order valence-electron chi connectivity index (χ0n) is 16.0. The summed E-state index contributed by atoms with van der Waals surface area (Å²) in [5.41, 5.74) is 3.18. The highest BCUT2D eigenvalue weighted by Gasteiger charge is 2.29. The minimum absolute atomic E-state index is 0.129. The van der Waals surface area contributed by atoms with Crippen LogP contribution in [0.5, 0.6) is 5.75 Å². The first-order valence-electron chi connectivity index (χ1n) is 9.67. The molecule has 0 bridgehead atoms. The molecule has 1 fully saturated rings. The van der Waals surface area contributed by atoms with E-state index in [1.54, 1.807) is 7.11 Å². The van der Waals surface area contributed by atoms with Crippen molar-refractivity contribution in [3.05, 3.63) is 46.9 Å². The Morgan fingerprint density at radius 1 is 1.22 bits per heavy atom. The standard InChI is InChI=1S/C21H26N4O2/c1-14-18-9-10-19(26)25(13-15-5-7-17(27-2)8-6-15)21(18)24-20(23-14)16-4-3-11-22-12-16/h5-8,16,22H,3-4,9-13H2,1-2H3/t16-/m0/s1. The summed E-state index contributed by atoms with van der Waals surface area (Å²) in [6.07, 6.45) is 3.47. The maximum atomic E-state index is 12.7. The Hall–Kier alpha value is -2.47. The molecule has 2 aromatic rings. The van der Waals surface area contributed by atoms with Crippen molar-refractivity contribution in [3.63, 3.8) is 0 Å². The lowest BCUT2D eigenvalue weighted by molar-refractivity contribution is -0.119. The topological polar surface area (TPSA) is 67.3 Å². The Kier molecular flexibility index (Phi) is 5.07.